The van der Waals surface area contributed by atoms with Crippen molar-refractivity contribution in [3.8, 4) is 11.5 Å². The van der Waals surface area contributed by atoms with Gasteiger partial charge in [0, 0.05) is 13.6 Å². The van der Waals surface area contributed by atoms with E-state index in [1.807, 2.05) is 19.1 Å². The van der Waals surface area contributed by atoms with Crippen LogP contribution in [0.3, 0.4) is 0 Å². The number of halogens is 1. The number of fused-ring (bicyclic) bond motifs is 1. The van der Waals surface area contributed by atoms with Crippen LogP contribution in [0.4, 0.5) is 0 Å². The highest BCUT2D eigenvalue weighted by molar-refractivity contribution is 9.10. The van der Waals surface area contributed by atoms with Crippen LogP contribution in [-0.4, -0.2) is 32.2 Å². The van der Waals surface area contributed by atoms with Gasteiger partial charge in [0.05, 0.1) is 10.5 Å². The zero-order valence-electron chi connectivity index (χ0n) is 11.0. The Kier molecular flexibility index (Phi) is 4.66. The molecule has 1 amide bonds. The second-order valence-corrected chi connectivity index (χ2v) is 5.17. The van der Waals surface area contributed by atoms with E-state index in [-0.39, 0.29) is 11.9 Å². The highest BCUT2D eigenvalue weighted by Gasteiger charge is 2.17. The highest BCUT2D eigenvalue weighted by atomic mass is 79.9. The quantitative estimate of drug-likeness (QED) is 0.878. The fourth-order valence-electron chi connectivity index (χ4n) is 1.85. The second kappa shape index (κ2) is 6.25. The lowest BCUT2D eigenvalue weighted by Gasteiger charge is -2.21. The van der Waals surface area contributed by atoms with Gasteiger partial charge in [-0.15, -0.1) is 0 Å². The first-order valence-electron chi connectivity index (χ1n) is 6.15. The number of rotatable bonds is 4. The Bertz CT molecular complexity index is 479. The van der Waals surface area contributed by atoms with E-state index in [0.717, 1.165) is 21.5 Å². The first-order chi connectivity index (χ1) is 9.11. The number of hydrogen-bond acceptors (Lipinski definition) is 4. The predicted octanol–water partition coefficient (Wildman–Crippen LogP) is 1.44. The number of likely N-dealkylation sites (N-methyl/N-ethyl adjacent to an activating group) is 1. The van der Waals surface area contributed by atoms with Gasteiger partial charge in [-0.25, -0.2) is 0 Å². The molecule has 1 aliphatic heterocycles. The van der Waals surface area contributed by atoms with Crippen molar-refractivity contribution < 1.29 is 14.3 Å². The molecule has 0 saturated carbocycles. The van der Waals surface area contributed by atoms with Crippen LogP contribution in [0.2, 0.25) is 0 Å². The summed E-state index contributed by atoms with van der Waals surface area (Å²) in [5, 5.41) is 5.76. The van der Waals surface area contributed by atoms with Crippen LogP contribution in [0.1, 0.15) is 12.5 Å². The van der Waals surface area contributed by atoms with Crippen LogP contribution in [0, 0.1) is 0 Å². The summed E-state index contributed by atoms with van der Waals surface area (Å²) in [6, 6.07) is 3.66. The van der Waals surface area contributed by atoms with Crippen molar-refractivity contribution in [2.45, 2.75) is 19.5 Å². The molecule has 0 fully saturated rings. The molecule has 1 heterocycles. The minimum absolute atomic E-state index is 0.0309. The molecule has 2 N–H and O–H groups in total. The third-order valence-electron chi connectivity index (χ3n) is 2.91. The van der Waals surface area contributed by atoms with Gasteiger partial charge in [0.25, 0.3) is 0 Å². The van der Waals surface area contributed by atoms with E-state index in [2.05, 4.69) is 26.6 Å². The maximum atomic E-state index is 11.4. The van der Waals surface area contributed by atoms with Gasteiger partial charge in [-0.05, 0) is 40.5 Å². The van der Waals surface area contributed by atoms with E-state index in [1.54, 1.807) is 7.05 Å². The lowest BCUT2D eigenvalue weighted by molar-refractivity contribution is -0.122. The fourth-order valence-corrected chi connectivity index (χ4v) is 2.45. The number of carbonyl (C=O) groups excluding carboxylic acids is 1. The summed E-state index contributed by atoms with van der Waals surface area (Å²) in [7, 11) is 1.63. The topological polar surface area (TPSA) is 59.6 Å². The molecule has 0 aromatic heterocycles. The average molecular weight is 329 g/mol. The van der Waals surface area contributed by atoms with E-state index in [9.17, 15) is 4.79 Å². The molecule has 1 aliphatic rings. The SMILES string of the molecule is CNC(=O)C(C)NCc1cc(Br)c2c(c1)OCCO2. The molecule has 0 bridgehead atoms. The van der Waals surface area contributed by atoms with Gasteiger partial charge >= 0.3 is 0 Å². The van der Waals surface area contributed by atoms with Crippen molar-refractivity contribution in [3.63, 3.8) is 0 Å². The lowest BCUT2D eigenvalue weighted by atomic mass is 10.2. The average Bonchev–Trinajstić information content (AvgIpc) is 2.44. The first kappa shape index (κ1) is 14.1. The molecule has 0 saturated heterocycles. The lowest BCUT2D eigenvalue weighted by Crippen LogP contribution is -2.40. The smallest absolute Gasteiger partial charge is 0.236 e. The number of benzene rings is 1. The first-order valence-corrected chi connectivity index (χ1v) is 6.94. The normalized spacial score (nSPS) is 14.9. The summed E-state index contributed by atoms with van der Waals surface area (Å²) in [5.41, 5.74) is 1.03. The van der Waals surface area contributed by atoms with Crippen LogP contribution < -0.4 is 20.1 Å². The van der Waals surface area contributed by atoms with Gasteiger partial charge in [0.1, 0.15) is 13.2 Å². The molecule has 0 aliphatic carbocycles. The van der Waals surface area contributed by atoms with Crippen molar-refractivity contribution in [1.82, 2.24) is 10.6 Å². The third kappa shape index (κ3) is 3.39. The summed E-state index contributed by atoms with van der Waals surface area (Å²) in [6.07, 6.45) is 0. The number of ether oxygens (including phenoxy) is 2. The Balaban J connectivity index is 2.05. The van der Waals surface area contributed by atoms with Crippen LogP contribution in [0.15, 0.2) is 16.6 Å². The van der Waals surface area contributed by atoms with Crippen molar-refractivity contribution in [1.29, 1.82) is 0 Å². The standard InChI is InChI=1S/C13H17BrN2O3/c1-8(13(17)15-2)16-7-9-5-10(14)12-11(6-9)18-3-4-19-12/h5-6,8,16H,3-4,7H2,1-2H3,(H,15,17). The highest BCUT2D eigenvalue weighted by Crippen LogP contribution is 2.38. The number of carbonyl (C=O) groups is 1. The Labute approximate surface area is 120 Å². The number of amides is 1. The molecule has 0 spiro atoms. The summed E-state index contributed by atoms with van der Waals surface area (Å²) in [5.74, 6) is 1.45. The Hall–Kier alpha value is -1.27. The van der Waals surface area contributed by atoms with Gasteiger partial charge in [0.2, 0.25) is 5.91 Å². The molecule has 1 atom stereocenters. The van der Waals surface area contributed by atoms with Gasteiger partial charge < -0.3 is 20.1 Å². The summed E-state index contributed by atoms with van der Waals surface area (Å²) >= 11 is 3.47. The maximum absolute atomic E-state index is 11.4. The monoisotopic (exact) mass is 328 g/mol. The number of hydrogen-bond donors (Lipinski definition) is 2. The van der Waals surface area contributed by atoms with Crippen molar-refractivity contribution in [3.05, 3.63) is 22.2 Å². The molecule has 1 aromatic rings. The van der Waals surface area contributed by atoms with Gasteiger partial charge in [-0.1, -0.05) is 0 Å². The van der Waals surface area contributed by atoms with Crippen molar-refractivity contribution in [2.24, 2.45) is 0 Å². The van der Waals surface area contributed by atoms with E-state index in [0.29, 0.717) is 19.8 Å². The molecule has 19 heavy (non-hydrogen) atoms. The van der Waals surface area contributed by atoms with E-state index in [4.69, 9.17) is 9.47 Å². The summed E-state index contributed by atoms with van der Waals surface area (Å²) in [6.45, 7) is 3.54. The van der Waals surface area contributed by atoms with Gasteiger partial charge in [-0.3, -0.25) is 4.79 Å². The predicted molar refractivity (Wildman–Crippen MR) is 75.5 cm³/mol. The van der Waals surface area contributed by atoms with Gasteiger partial charge in [-0.2, -0.15) is 0 Å². The molecule has 2 rings (SSSR count). The fraction of sp³-hybridized carbons (Fsp3) is 0.462. The number of nitrogens with one attached hydrogen (secondary N) is 2. The summed E-state index contributed by atoms with van der Waals surface area (Å²) in [4.78, 5) is 11.4. The molecular formula is C13H17BrN2O3. The van der Waals surface area contributed by atoms with Crippen LogP contribution in [0.5, 0.6) is 11.5 Å². The molecular weight excluding hydrogens is 312 g/mol. The third-order valence-corrected chi connectivity index (χ3v) is 3.50. The van der Waals surface area contributed by atoms with Crippen LogP contribution >= 0.6 is 15.9 Å². The zero-order chi connectivity index (χ0) is 13.8. The van der Waals surface area contributed by atoms with E-state index < -0.39 is 0 Å². The van der Waals surface area contributed by atoms with Crippen molar-refractivity contribution >= 4 is 21.8 Å². The maximum Gasteiger partial charge on any atom is 0.236 e. The minimum Gasteiger partial charge on any atom is -0.486 e. The Morgan fingerprint density at radius 1 is 1.42 bits per heavy atom. The molecule has 0 radical (unpaired) electrons. The summed E-state index contributed by atoms with van der Waals surface area (Å²) < 4.78 is 12.0. The zero-order valence-corrected chi connectivity index (χ0v) is 12.5. The van der Waals surface area contributed by atoms with Crippen LogP contribution in [-0.2, 0) is 11.3 Å². The minimum atomic E-state index is -0.239. The molecule has 1 unspecified atom stereocenters. The van der Waals surface area contributed by atoms with E-state index in [1.165, 1.54) is 0 Å². The van der Waals surface area contributed by atoms with Crippen molar-refractivity contribution in [2.75, 3.05) is 20.3 Å². The molecule has 1 aromatic carbocycles. The molecule has 5 nitrogen and oxygen atoms in total. The van der Waals surface area contributed by atoms with Crippen LogP contribution in [0.25, 0.3) is 0 Å². The second-order valence-electron chi connectivity index (χ2n) is 4.32. The Morgan fingerprint density at radius 2 is 2.16 bits per heavy atom. The van der Waals surface area contributed by atoms with Gasteiger partial charge in [0.15, 0.2) is 11.5 Å². The Morgan fingerprint density at radius 3 is 2.89 bits per heavy atom. The van der Waals surface area contributed by atoms with E-state index >= 15 is 0 Å². The molecule has 6 heteroatoms. The molecule has 104 valence electrons. The largest absolute Gasteiger partial charge is 0.486 e.